The Morgan fingerprint density at radius 3 is 2.58 bits per heavy atom. The normalized spacial score (nSPS) is 14.7. The van der Waals surface area contributed by atoms with Gasteiger partial charge in [0.05, 0.1) is 16.1 Å². The molecule has 0 spiro atoms. The van der Waals surface area contributed by atoms with Gasteiger partial charge in [-0.1, -0.05) is 13.8 Å². The van der Waals surface area contributed by atoms with Crippen LogP contribution in [0, 0.1) is 5.92 Å². The molecule has 1 aliphatic rings. The summed E-state index contributed by atoms with van der Waals surface area (Å²) in [5.41, 5.74) is 0.440. The predicted octanol–water partition coefficient (Wildman–Crippen LogP) is 0.756. The molecule has 0 unspecified atom stereocenters. The Morgan fingerprint density at radius 1 is 1.26 bits per heavy atom. The van der Waals surface area contributed by atoms with E-state index in [0.717, 1.165) is 0 Å². The Balaban J connectivity index is 2.33. The van der Waals surface area contributed by atoms with E-state index in [0.29, 0.717) is 12.2 Å². The molecule has 0 bridgehead atoms. The maximum Gasteiger partial charge on any atom is 0.296 e. The molecule has 1 amide bonds. The largest absolute Gasteiger partial charge is 0.318 e. The molecule has 0 atom stereocenters. The molecule has 7 heteroatoms. The number of nitrogens with one attached hydrogen (secondary N) is 2. The van der Waals surface area contributed by atoms with Gasteiger partial charge in [-0.15, -0.1) is 0 Å². The summed E-state index contributed by atoms with van der Waals surface area (Å²) in [6.45, 7) is 4.08. The smallest absolute Gasteiger partial charge is 0.296 e. The van der Waals surface area contributed by atoms with E-state index >= 15 is 0 Å². The maximum atomic E-state index is 12.0. The molecule has 1 heterocycles. The van der Waals surface area contributed by atoms with Crippen molar-refractivity contribution >= 4 is 27.4 Å². The maximum absolute atomic E-state index is 12.0. The van der Waals surface area contributed by atoms with Gasteiger partial charge in [0.2, 0.25) is 10.0 Å². The van der Waals surface area contributed by atoms with Gasteiger partial charge in [-0.2, -0.15) is 0 Å². The van der Waals surface area contributed by atoms with Crippen molar-refractivity contribution in [2.75, 3.05) is 11.9 Å². The van der Waals surface area contributed by atoms with Gasteiger partial charge in [-0.3, -0.25) is 9.59 Å². The monoisotopic (exact) mass is 282 g/mol. The number of benzene rings is 1. The molecule has 0 aromatic heterocycles. The van der Waals surface area contributed by atoms with Gasteiger partial charge in [0.1, 0.15) is 0 Å². The molecule has 0 radical (unpaired) electrons. The van der Waals surface area contributed by atoms with Gasteiger partial charge in [-0.25, -0.2) is 13.1 Å². The number of ketones is 1. The van der Waals surface area contributed by atoms with Gasteiger partial charge < -0.3 is 5.32 Å². The van der Waals surface area contributed by atoms with E-state index < -0.39 is 21.7 Å². The van der Waals surface area contributed by atoms with E-state index in [1.807, 2.05) is 13.8 Å². The summed E-state index contributed by atoms with van der Waals surface area (Å²) in [7, 11) is -3.66. The van der Waals surface area contributed by atoms with E-state index in [2.05, 4.69) is 10.0 Å². The number of rotatable bonds is 4. The van der Waals surface area contributed by atoms with Crippen LogP contribution in [0.25, 0.3) is 0 Å². The summed E-state index contributed by atoms with van der Waals surface area (Å²) in [6.07, 6.45) is 0. The van der Waals surface area contributed by atoms with Gasteiger partial charge >= 0.3 is 0 Å². The number of anilines is 1. The van der Waals surface area contributed by atoms with Crippen molar-refractivity contribution in [3.05, 3.63) is 23.8 Å². The summed E-state index contributed by atoms with van der Waals surface area (Å²) in [5.74, 6) is -1.27. The molecule has 0 saturated heterocycles. The van der Waals surface area contributed by atoms with Crippen LogP contribution in [0.3, 0.4) is 0 Å². The first-order chi connectivity index (χ1) is 8.81. The molecule has 1 aromatic rings. The lowest BCUT2D eigenvalue weighted by molar-refractivity contribution is -0.112. The lowest BCUT2D eigenvalue weighted by Gasteiger charge is -2.09. The molecule has 0 saturated carbocycles. The lowest BCUT2D eigenvalue weighted by atomic mass is 10.1. The van der Waals surface area contributed by atoms with Crippen LogP contribution in [0.1, 0.15) is 24.2 Å². The Bertz CT molecular complexity index is 650. The molecule has 102 valence electrons. The summed E-state index contributed by atoms with van der Waals surface area (Å²) >= 11 is 0. The third-order valence-electron chi connectivity index (χ3n) is 2.68. The zero-order valence-corrected chi connectivity index (χ0v) is 11.4. The van der Waals surface area contributed by atoms with Gasteiger partial charge in [-0.05, 0) is 24.1 Å². The zero-order chi connectivity index (χ0) is 14.2. The van der Waals surface area contributed by atoms with Crippen molar-refractivity contribution in [3.63, 3.8) is 0 Å². The summed E-state index contributed by atoms with van der Waals surface area (Å²) in [5, 5.41) is 2.37. The van der Waals surface area contributed by atoms with Crippen molar-refractivity contribution in [1.29, 1.82) is 0 Å². The SMILES string of the molecule is CC(C)CNS(=O)(=O)c1ccc2c(c1)C(=O)C(=O)N2. The van der Waals surface area contributed by atoms with Crippen LogP contribution in [-0.2, 0) is 14.8 Å². The number of hydrogen-bond acceptors (Lipinski definition) is 4. The number of amides is 1. The fraction of sp³-hybridized carbons (Fsp3) is 0.333. The minimum atomic E-state index is -3.66. The van der Waals surface area contributed by atoms with Crippen molar-refractivity contribution in [2.45, 2.75) is 18.7 Å². The van der Waals surface area contributed by atoms with E-state index in [4.69, 9.17) is 0 Å². The third-order valence-corrected chi connectivity index (χ3v) is 4.10. The molecule has 2 N–H and O–H groups in total. The standard InChI is InChI=1S/C12H14N2O4S/c1-7(2)6-13-19(17,18)8-3-4-10-9(5-8)11(15)12(16)14-10/h3-5,7,13H,6H2,1-2H3,(H,14,15,16). The number of carbonyl (C=O) groups is 2. The molecule has 0 fully saturated rings. The van der Waals surface area contributed by atoms with Crippen molar-refractivity contribution in [2.24, 2.45) is 5.92 Å². The van der Waals surface area contributed by atoms with Crippen LogP contribution in [-0.4, -0.2) is 26.7 Å². The first kappa shape index (κ1) is 13.7. The quantitative estimate of drug-likeness (QED) is 0.797. The first-order valence-electron chi connectivity index (χ1n) is 5.80. The predicted molar refractivity (Wildman–Crippen MR) is 69.4 cm³/mol. The van der Waals surface area contributed by atoms with E-state index in [-0.39, 0.29) is 16.4 Å². The van der Waals surface area contributed by atoms with Crippen molar-refractivity contribution in [1.82, 2.24) is 4.72 Å². The number of hydrogen-bond donors (Lipinski definition) is 2. The fourth-order valence-corrected chi connectivity index (χ4v) is 2.89. The Morgan fingerprint density at radius 2 is 1.95 bits per heavy atom. The van der Waals surface area contributed by atoms with Crippen molar-refractivity contribution in [3.8, 4) is 0 Å². The topological polar surface area (TPSA) is 92.3 Å². The lowest BCUT2D eigenvalue weighted by Crippen LogP contribution is -2.27. The Hall–Kier alpha value is -1.73. The highest BCUT2D eigenvalue weighted by Gasteiger charge is 2.29. The number of Topliss-reactive ketones (excluding diaryl/α,β-unsaturated/α-hetero) is 1. The number of carbonyl (C=O) groups excluding carboxylic acids is 2. The molecule has 19 heavy (non-hydrogen) atoms. The second kappa shape index (κ2) is 4.75. The van der Waals surface area contributed by atoms with Crippen LogP contribution in [0.4, 0.5) is 5.69 Å². The highest BCUT2D eigenvalue weighted by molar-refractivity contribution is 7.89. The summed E-state index contributed by atoms with van der Waals surface area (Å²) < 4.78 is 26.4. The molecule has 1 aliphatic heterocycles. The molecule has 2 rings (SSSR count). The minimum Gasteiger partial charge on any atom is -0.318 e. The van der Waals surface area contributed by atoms with Gasteiger partial charge in [0.15, 0.2) is 0 Å². The van der Waals surface area contributed by atoms with Crippen LogP contribution in [0.15, 0.2) is 23.1 Å². The number of sulfonamides is 1. The fourth-order valence-electron chi connectivity index (χ4n) is 1.65. The number of fused-ring (bicyclic) bond motifs is 1. The molecular weight excluding hydrogens is 268 g/mol. The average Bonchev–Trinajstić information content (AvgIpc) is 2.63. The van der Waals surface area contributed by atoms with Crippen LogP contribution in [0.2, 0.25) is 0 Å². The molecule has 6 nitrogen and oxygen atoms in total. The molecule has 0 aliphatic carbocycles. The van der Waals surface area contributed by atoms with E-state index in [9.17, 15) is 18.0 Å². The second-order valence-electron chi connectivity index (χ2n) is 4.74. The highest BCUT2D eigenvalue weighted by Crippen LogP contribution is 2.25. The van der Waals surface area contributed by atoms with Crippen LogP contribution >= 0.6 is 0 Å². The highest BCUT2D eigenvalue weighted by atomic mass is 32.2. The van der Waals surface area contributed by atoms with E-state index in [1.54, 1.807) is 0 Å². The van der Waals surface area contributed by atoms with E-state index in [1.165, 1.54) is 18.2 Å². The minimum absolute atomic E-state index is 0.0169. The Kier molecular flexibility index (Phi) is 3.42. The first-order valence-corrected chi connectivity index (χ1v) is 7.29. The van der Waals surface area contributed by atoms with Crippen LogP contribution in [0.5, 0.6) is 0 Å². The Labute approximate surface area is 111 Å². The zero-order valence-electron chi connectivity index (χ0n) is 10.6. The van der Waals surface area contributed by atoms with Gasteiger partial charge in [0.25, 0.3) is 11.7 Å². The van der Waals surface area contributed by atoms with Crippen molar-refractivity contribution < 1.29 is 18.0 Å². The molecule has 1 aromatic carbocycles. The second-order valence-corrected chi connectivity index (χ2v) is 6.50. The average molecular weight is 282 g/mol. The molecular formula is C12H14N2O4S. The van der Waals surface area contributed by atoms with Gasteiger partial charge in [0, 0.05) is 6.54 Å². The summed E-state index contributed by atoms with van der Waals surface area (Å²) in [4.78, 5) is 22.7. The third kappa shape index (κ3) is 2.66. The van der Waals surface area contributed by atoms with Crippen LogP contribution < -0.4 is 10.0 Å². The summed E-state index contributed by atoms with van der Waals surface area (Å²) in [6, 6.07) is 4.00.